The highest BCUT2D eigenvalue weighted by Crippen LogP contribution is 2.42. The van der Waals surface area contributed by atoms with Crippen LogP contribution in [0.1, 0.15) is 43.0 Å². The molecule has 0 unspecified atom stereocenters. The zero-order valence-electron chi connectivity index (χ0n) is 12.5. The van der Waals surface area contributed by atoms with E-state index in [1.807, 2.05) is 6.92 Å². The molecule has 1 aromatic carbocycles. The molecular weight excluding hydrogens is 313 g/mol. The number of unbranched alkanes of at least 4 members (excludes halogenated alkanes) is 1. The molecule has 1 heterocycles. The first-order chi connectivity index (χ1) is 10.7. The highest BCUT2D eigenvalue weighted by atomic mass is 19.4. The van der Waals surface area contributed by atoms with Crippen LogP contribution in [0.4, 0.5) is 13.2 Å². The van der Waals surface area contributed by atoms with E-state index < -0.39 is 30.0 Å². The number of halogens is 3. The first kappa shape index (κ1) is 17.3. The van der Waals surface area contributed by atoms with Crippen molar-refractivity contribution in [3.8, 4) is 5.75 Å². The van der Waals surface area contributed by atoms with Crippen LogP contribution in [0.3, 0.4) is 0 Å². The summed E-state index contributed by atoms with van der Waals surface area (Å²) < 4.78 is 39.9. The smallest absolute Gasteiger partial charge is 0.438 e. The number of hydrogen-bond donors (Lipinski definition) is 2. The molecule has 1 amide bonds. The van der Waals surface area contributed by atoms with Crippen molar-refractivity contribution in [2.24, 2.45) is 5.10 Å². The van der Waals surface area contributed by atoms with Crippen molar-refractivity contribution in [1.82, 2.24) is 5.01 Å². The number of para-hydroxylation sites is 1. The van der Waals surface area contributed by atoms with Crippen molar-refractivity contribution >= 4 is 11.6 Å². The molecule has 8 heteroatoms. The van der Waals surface area contributed by atoms with Gasteiger partial charge in [0, 0.05) is 12.1 Å². The third kappa shape index (κ3) is 3.17. The predicted octanol–water partition coefficient (Wildman–Crippen LogP) is 3.04. The fourth-order valence-corrected chi connectivity index (χ4v) is 2.34. The van der Waals surface area contributed by atoms with Gasteiger partial charge in [0.2, 0.25) is 0 Å². The van der Waals surface area contributed by atoms with E-state index in [2.05, 4.69) is 5.10 Å². The number of phenols is 1. The second kappa shape index (κ2) is 6.19. The van der Waals surface area contributed by atoms with E-state index in [1.165, 1.54) is 24.3 Å². The molecular formula is C15H17F3N2O3. The average Bonchev–Trinajstić information content (AvgIpc) is 2.83. The highest BCUT2D eigenvalue weighted by Gasteiger charge is 2.63. The Morgan fingerprint density at radius 2 is 2.04 bits per heavy atom. The first-order valence-corrected chi connectivity index (χ1v) is 7.18. The van der Waals surface area contributed by atoms with Crippen LogP contribution in [0.5, 0.6) is 5.75 Å². The van der Waals surface area contributed by atoms with Gasteiger partial charge in [-0.2, -0.15) is 23.3 Å². The van der Waals surface area contributed by atoms with Crippen molar-refractivity contribution in [3.63, 3.8) is 0 Å². The Hall–Kier alpha value is -2.09. The van der Waals surface area contributed by atoms with E-state index in [1.54, 1.807) is 0 Å². The molecule has 23 heavy (non-hydrogen) atoms. The summed E-state index contributed by atoms with van der Waals surface area (Å²) in [4.78, 5) is 12.3. The largest absolute Gasteiger partial charge is 0.507 e. The minimum atomic E-state index is -5.06. The number of aliphatic hydroxyl groups is 1. The van der Waals surface area contributed by atoms with Crippen LogP contribution < -0.4 is 0 Å². The van der Waals surface area contributed by atoms with Crippen LogP contribution in [0, 0.1) is 0 Å². The van der Waals surface area contributed by atoms with Crippen LogP contribution >= 0.6 is 0 Å². The molecule has 1 aliphatic rings. The van der Waals surface area contributed by atoms with Crippen LogP contribution in [0.15, 0.2) is 29.4 Å². The maximum absolute atomic E-state index is 13.3. The van der Waals surface area contributed by atoms with Gasteiger partial charge in [-0.15, -0.1) is 0 Å². The van der Waals surface area contributed by atoms with Gasteiger partial charge < -0.3 is 10.2 Å². The summed E-state index contributed by atoms with van der Waals surface area (Å²) in [5.41, 5.74) is -3.64. The number of benzene rings is 1. The molecule has 0 radical (unpaired) electrons. The summed E-state index contributed by atoms with van der Waals surface area (Å²) in [5, 5.41) is 23.4. The molecule has 0 spiro atoms. The topological polar surface area (TPSA) is 73.1 Å². The van der Waals surface area contributed by atoms with Crippen molar-refractivity contribution in [3.05, 3.63) is 29.8 Å². The fourth-order valence-electron chi connectivity index (χ4n) is 2.34. The van der Waals surface area contributed by atoms with Crippen molar-refractivity contribution in [2.45, 2.75) is 44.5 Å². The van der Waals surface area contributed by atoms with Crippen molar-refractivity contribution in [1.29, 1.82) is 0 Å². The quantitative estimate of drug-likeness (QED) is 0.891. The number of hydrogen-bond acceptors (Lipinski definition) is 4. The fraction of sp³-hybridized carbons (Fsp3) is 0.467. The van der Waals surface area contributed by atoms with E-state index in [0.717, 1.165) is 6.42 Å². The van der Waals surface area contributed by atoms with E-state index in [4.69, 9.17) is 0 Å². The van der Waals surface area contributed by atoms with Crippen LogP contribution in [0.2, 0.25) is 0 Å². The molecule has 0 bridgehead atoms. The molecule has 2 N–H and O–H groups in total. The van der Waals surface area contributed by atoms with E-state index in [-0.39, 0.29) is 22.7 Å². The number of alkyl halides is 3. The van der Waals surface area contributed by atoms with Gasteiger partial charge in [-0.05, 0) is 25.0 Å². The summed E-state index contributed by atoms with van der Waals surface area (Å²) in [6.07, 6.45) is -4.23. The second-order valence-corrected chi connectivity index (χ2v) is 5.40. The first-order valence-electron chi connectivity index (χ1n) is 7.18. The zero-order valence-corrected chi connectivity index (χ0v) is 12.5. The van der Waals surface area contributed by atoms with Gasteiger partial charge in [-0.3, -0.25) is 4.79 Å². The average molecular weight is 330 g/mol. The molecule has 1 aromatic rings. The molecule has 1 aliphatic heterocycles. The molecule has 0 aliphatic carbocycles. The molecule has 2 rings (SSSR count). The molecule has 5 nitrogen and oxygen atoms in total. The summed E-state index contributed by atoms with van der Waals surface area (Å²) in [5.74, 6) is -1.67. The van der Waals surface area contributed by atoms with Gasteiger partial charge in [0.1, 0.15) is 5.75 Å². The lowest BCUT2D eigenvalue weighted by molar-refractivity contribution is -0.297. The number of aromatic hydroxyl groups is 1. The Kier molecular flexibility index (Phi) is 4.65. The number of rotatable bonds is 4. The molecule has 1 atom stereocenters. The van der Waals surface area contributed by atoms with Gasteiger partial charge >= 0.3 is 6.18 Å². The Morgan fingerprint density at radius 1 is 1.39 bits per heavy atom. The molecule has 126 valence electrons. The normalized spacial score (nSPS) is 21.4. The third-order valence-corrected chi connectivity index (χ3v) is 3.64. The third-order valence-electron chi connectivity index (χ3n) is 3.64. The highest BCUT2D eigenvalue weighted by molar-refractivity contribution is 6.00. The minimum Gasteiger partial charge on any atom is -0.507 e. The van der Waals surface area contributed by atoms with E-state index >= 15 is 0 Å². The van der Waals surface area contributed by atoms with E-state index in [9.17, 15) is 28.2 Å². The molecule has 0 fully saturated rings. The standard InChI is InChI=1S/C15H17F3N2O3/c1-2-3-6-10-9-14(23,15(16,17)18)20(19-10)13(22)11-7-4-5-8-12(11)21/h4-5,7-8,21,23H,2-3,6,9H2,1H3/t14-/m0/s1. The van der Waals surface area contributed by atoms with Gasteiger partial charge in [-0.1, -0.05) is 25.5 Å². The Bertz CT molecular complexity index is 631. The lowest BCUT2D eigenvalue weighted by atomic mass is 10.0. The minimum absolute atomic E-state index is 0.0348. The Morgan fingerprint density at radius 3 is 2.61 bits per heavy atom. The Labute approximate surface area is 131 Å². The Balaban J connectivity index is 2.40. The van der Waals surface area contributed by atoms with Crippen molar-refractivity contribution < 1.29 is 28.2 Å². The van der Waals surface area contributed by atoms with E-state index in [0.29, 0.717) is 6.42 Å². The van der Waals surface area contributed by atoms with Gasteiger partial charge in [0.05, 0.1) is 5.56 Å². The maximum Gasteiger partial charge on any atom is 0.438 e. The monoisotopic (exact) mass is 330 g/mol. The number of carbonyl (C=O) groups excluding carboxylic acids is 1. The number of carbonyl (C=O) groups is 1. The summed E-state index contributed by atoms with van der Waals surface area (Å²) in [6, 6.07) is 5.19. The van der Waals surface area contributed by atoms with Crippen LogP contribution in [-0.2, 0) is 0 Å². The molecule has 0 saturated heterocycles. The zero-order chi connectivity index (χ0) is 17.3. The SMILES string of the molecule is CCCCC1=NN(C(=O)c2ccccc2O)[C@@](O)(C(F)(F)F)C1. The number of phenolic OH excluding ortho intramolecular Hbond substituents is 1. The number of nitrogens with zero attached hydrogens (tertiary/aromatic N) is 2. The van der Waals surface area contributed by atoms with Gasteiger partial charge in [0.15, 0.2) is 0 Å². The summed E-state index contributed by atoms with van der Waals surface area (Å²) in [6.45, 7) is 1.87. The van der Waals surface area contributed by atoms with Gasteiger partial charge in [-0.25, -0.2) is 0 Å². The number of hydrazone groups is 1. The second-order valence-electron chi connectivity index (χ2n) is 5.40. The lowest BCUT2D eigenvalue weighted by Gasteiger charge is -2.32. The van der Waals surface area contributed by atoms with Crippen molar-refractivity contribution in [2.75, 3.05) is 0 Å². The molecule has 0 saturated carbocycles. The van der Waals surface area contributed by atoms with Crippen LogP contribution in [-0.4, -0.2) is 38.7 Å². The lowest BCUT2D eigenvalue weighted by Crippen LogP contribution is -2.56. The maximum atomic E-state index is 13.3. The summed E-state index contributed by atoms with van der Waals surface area (Å²) in [7, 11) is 0. The van der Waals surface area contributed by atoms with Crippen LogP contribution in [0.25, 0.3) is 0 Å². The molecule has 0 aromatic heterocycles. The summed E-state index contributed by atoms with van der Waals surface area (Å²) >= 11 is 0. The predicted molar refractivity (Wildman–Crippen MR) is 76.9 cm³/mol. The number of amides is 1. The van der Waals surface area contributed by atoms with Gasteiger partial charge in [0.25, 0.3) is 11.6 Å².